The van der Waals surface area contributed by atoms with E-state index in [0.29, 0.717) is 18.2 Å². The first kappa shape index (κ1) is 21.9. The second-order valence-electron chi connectivity index (χ2n) is 7.12. The Bertz CT molecular complexity index is 865. The molecule has 0 aliphatic carbocycles. The van der Waals surface area contributed by atoms with Crippen LogP contribution in [0.1, 0.15) is 39.3 Å². The number of sulfonamides is 1. The Morgan fingerprint density at radius 3 is 2.14 bits per heavy atom. The van der Waals surface area contributed by atoms with Gasteiger partial charge in [0.2, 0.25) is 10.0 Å². The molecule has 1 amide bonds. The number of carbonyl (C=O) groups is 1. The Morgan fingerprint density at radius 2 is 1.57 bits per heavy atom. The second-order valence-corrected chi connectivity index (χ2v) is 8.84. The highest BCUT2D eigenvalue weighted by Crippen LogP contribution is 2.20. The molecule has 0 unspecified atom stereocenters. The first-order valence-electron chi connectivity index (χ1n) is 9.30. The molecule has 0 spiro atoms. The monoisotopic (exact) mass is 404 g/mol. The number of carbonyl (C=O) groups excluding carboxylic acids is 1. The van der Waals surface area contributed by atoms with Crippen LogP contribution in [0.4, 0.5) is 0 Å². The first-order valence-corrected chi connectivity index (χ1v) is 10.8. The minimum Gasteiger partial charge on any atom is -0.481 e. The lowest BCUT2D eigenvalue weighted by molar-refractivity contribution is -0.127. The third-order valence-electron chi connectivity index (χ3n) is 4.13. The summed E-state index contributed by atoms with van der Waals surface area (Å²) in [5.41, 5.74) is 0.882. The smallest absolute Gasteiger partial charge is 0.260 e. The van der Waals surface area contributed by atoms with Crippen molar-refractivity contribution in [1.29, 1.82) is 0 Å². The van der Waals surface area contributed by atoms with Gasteiger partial charge in [0.1, 0.15) is 5.75 Å². The van der Waals surface area contributed by atoms with Gasteiger partial charge in [-0.05, 0) is 49.6 Å². The Balaban J connectivity index is 2.00. The maximum atomic E-state index is 12.6. The van der Waals surface area contributed by atoms with Crippen molar-refractivity contribution in [3.8, 4) is 5.75 Å². The van der Waals surface area contributed by atoms with Gasteiger partial charge in [0, 0.05) is 12.6 Å². The van der Waals surface area contributed by atoms with Gasteiger partial charge in [-0.1, -0.05) is 44.2 Å². The van der Waals surface area contributed by atoms with Crippen molar-refractivity contribution in [1.82, 2.24) is 10.0 Å². The summed E-state index contributed by atoms with van der Waals surface area (Å²) in [5, 5.41) is 2.81. The van der Waals surface area contributed by atoms with E-state index in [0.717, 1.165) is 5.56 Å². The zero-order chi connectivity index (χ0) is 20.7. The van der Waals surface area contributed by atoms with E-state index in [1.54, 1.807) is 26.0 Å². The molecule has 7 heteroatoms. The highest BCUT2D eigenvalue weighted by Gasteiger charge is 2.19. The minimum absolute atomic E-state index is 0.138. The van der Waals surface area contributed by atoms with Crippen molar-refractivity contribution in [2.45, 2.75) is 44.7 Å². The van der Waals surface area contributed by atoms with Crippen LogP contribution in [0, 0.1) is 5.92 Å². The molecule has 0 aliphatic heterocycles. The summed E-state index contributed by atoms with van der Waals surface area (Å²) in [6.45, 7) is 8.05. The largest absolute Gasteiger partial charge is 0.481 e. The van der Waals surface area contributed by atoms with Crippen LogP contribution >= 0.6 is 0 Å². The van der Waals surface area contributed by atoms with Gasteiger partial charge in [-0.3, -0.25) is 4.79 Å². The van der Waals surface area contributed by atoms with Crippen molar-refractivity contribution < 1.29 is 17.9 Å². The Morgan fingerprint density at radius 1 is 0.964 bits per heavy atom. The molecule has 28 heavy (non-hydrogen) atoms. The average molecular weight is 405 g/mol. The zero-order valence-electron chi connectivity index (χ0n) is 16.7. The van der Waals surface area contributed by atoms with Crippen molar-refractivity contribution in [3.63, 3.8) is 0 Å². The van der Waals surface area contributed by atoms with Crippen molar-refractivity contribution >= 4 is 15.9 Å². The van der Waals surface area contributed by atoms with E-state index < -0.39 is 16.1 Å². The topological polar surface area (TPSA) is 84.5 Å². The van der Waals surface area contributed by atoms with Gasteiger partial charge < -0.3 is 10.1 Å². The van der Waals surface area contributed by atoms with E-state index in [4.69, 9.17) is 4.74 Å². The van der Waals surface area contributed by atoms with E-state index >= 15 is 0 Å². The summed E-state index contributed by atoms with van der Waals surface area (Å²) >= 11 is 0. The number of ether oxygens (including phenoxy) is 1. The molecule has 2 atom stereocenters. The number of hydrogen-bond donors (Lipinski definition) is 2. The lowest BCUT2D eigenvalue weighted by atomic mass is 10.1. The summed E-state index contributed by atoms with van der Waals surface area (Å²) in [4.78, 5) is 12.1. The van der Waals surface area contributed by atoms with Gasteiger partial charge >= 0.3 is 0 Å². The Kier molecular flexibility index (Phi) is 7.60. The molecule has 0 aromatic heterocycles. The molecule has 0 heterocycles. The molecule has 0 aliphatic rings. The fourth-order valence-electron chi connectivity index (χ4n) is 2.51. The second kappa shape index (κ2) is 9.71. The van der Waals surface area contributed by atoms with Crippen LogP contribution in [0.25, 0.3) is 0 Å². The van der Waals surface area contributed by atoms with Crippen LogP contribution in [0.5, 0.6) is 5.75 Å². The molecule has 2 aromatic rings. The van der Waals surface area contributed by atoms with Crippen LogP contribution in [0.2, 0.25) is 0 Å². The molecule has 2 aromatic carbocycles. The molecule has 0 fully saturated rings. The molecule has 2 rings (SSSR count). The minimum atomic E-state index is -3.67. The van der Waals surface area contributed by atoms with Crippen LogP contribution in [-0.2, 0) is 14.8 Å². The molecular formula is C21H28N2O4S. The lowest BCUT2D eigenvalue weighted by Crippen LogP contribution is -2.38. The normalized spacial score (nSPS) is 13.8. The standard InChI is InChI=1S/C21H28N2O4S/c1-15(2)14-22-21(24)17(4)27-19-10-12-20(13-11-19)28(25,26)23-16(3)18-8-6-5-7-9-18/h5-13,15-17,23H,14H2,1-4H3,(H,22,24)/t16-,17-/m1/s1. The molecule has 0 saturated heterocycles. The van der Waals surface area contributed by atoms with Gasteiger partial charge in [0.05, 0.1) is 4.90 Å². The molecule has 0 saturated carbocycles. The van der Waals surface area contributed by atoms with Crippen LogP contribution < -0.4 is 14.8 Å². The highest BCUT2D eigenvalue weighted by molar-refractivity contribution is 7.89. The molecule has 152 valence electrons. The summed E-state index contributed by atoms with van der Waals surface area (Å²) in [6.07, 6.45) is -0.669. The maximum Gasteiger partial charge on any atom is 0.260 e. The predicted molar refractivity (Wildman–Crippen MR) is 110 cm³/mol. The predicted octanol–water partition coefficient (Wildman–Crippen LogP) is 3.27. The van der Waals surface area contributed by atoms with Crippen molar-refractivity contribution in [2.75, 3.05) is 6.54 Å². The van der Waals surface area contributed by atoms with E-state index in [9.17, 15) is 13.2 Å². The van der Waals surface area contributed by atoms with Gasteiger partial charge in [0.15, 0.2) is 6.10 Å². The lowest BCUT2D eigenvalue weighted by Gasteiger charge is -2.17. The molecule has 6 nitrogen and oxygen atoms in total. The van der Waals surface area contributed by atoms with E-state index in [1.165, 1.54) is 12.1 Å². The summed E-state index contributed by atoms with van der Waals surface area (Å²) in [7, 11) is -3.67. The zero-order valence-corrected chi connectivity index (χ0v) is 17.5. The number of benzene rings is 2. The maximum absolute atomic E-state index is 12.6. The Hall–Kier alpha value is -2.38. The Labute approximate surface area is 167 Å². The fraction of sp³-hybridized carbons (Fsp3) is 0.381. The van der Waals surface area contributed by atoms with Gasteiger partial charge in [-0.25, -0.2) is 13.1 Å². The van der Waals surface area contributed by atoms with Gasteiger partial charge in [-0.15, -0.1) is 0 Å². The number of nitrogens with one attached hydrogen (secondary N) is 2. The summed E-state index contributed by atoms with van der Waals surface area (Å²) in [5.74, 6) is 0.581. The SMILES string of the molecule is CC(C)CNC(=O)[C@@H](C)Oc1ccc(S(=O)(=O)N[C@H](C)c2ccccc2)cc1. The fourth-order valence-corrected chi connectivity index (χ4v) is 3.75. The number of hydrogen-bond acceptors (Lipinski definition) is 4. The average Bonchev–Trinajstić information content (AvgIpc) is 2.66. The number of amides is 1. The third-order valence-corrected chi connectivity index (χ3v) is 5.69. The first-order chi connectivity index (χ1) is 13.2. The van der Waals surface area contributed by atoms with Crippen molar-refractivity contribution in [2.24, 2.45) is 5.92 Å². The van der Waals surface area contributed by atoms with Gasteiger partial charge in [0.25, 0.3) is 5.91 Å². The van der Waals surface area contributed by atoms with E-state index in [-0.39, 0.29) is 16.8 Å². The van der Waals surface area contributed by atoms with E-state index in [2.05, 4.69) is 10.0 Å². The van der Waals surface area contributed by atoms with Crippen LogP contribution in [0.15, 0.2) is 59.5 Å². The summed E-state index contributed by atoms with van der Waals surface area (Å²) in [6, 6.07) is 15.0. The summed E-state index contributed by atoms with van der Waals surface area (Å²) < 4.78 is 33.4. The van der Waals surface area contributed by atoms with Crippen molar-refractivity contribution in [3.05, 3.63) is 60.2 Å². The van der Waals surface area contributed by atoms with E-state index in [1.807, 2.05) is 44.2 Å². The molecular weight excluding hydrogens is 376 g/mol. The van der Waals surface area contributed by atoms with Crippen LogP contribution in [0.3, 0.4) is 0 Å². The van der Waals surface area contributed by atoms with Gasteiger partial charge in [-0.2, -0.15) is 0 Å². The van der Waals surface area contributed by atoms with Crippen LogP contribution in [-0.4, -0.2) is 27.0 Å². The highest BCUT2D eigenvalue weighted by atomic mass is 32.2. The quantitative estimate of drug-likeness (QED) is 0.672. The number of rotatable bonds is 9. The molecule has 2 N–H and O–H groups in total. The third kappa shape index (κ3) is 6.35. The molecule has 0 radical (unpaired) electrons. The molecule has 0 bridgehead atoms.